The Morgan fingerprint density at radius 1 is 0.872 bits per heavy atom. The number of morpholine rings is 1. The molecule has 5 aromatic rings. The minimum atomic E-state index is -0.373. The van der Waals surface area contributed by atoms with E-state index in [1.807, 2.05) is 85.8 Å². The monoisotopic (exact) mass is 636 g/mol. The second-order valence-electron chi connectivity index (χ2n) is 11.8. The van der Waals surface area contributed by atoms with Crippen LogP contribution in [0.5, 0.6) is 11.5 Å². The minimum Gasteiger partial charge on any atom is -0.488 e. The first-order valence-electron chi connectivity index (χ1n) is 16.1. The van der Waals surface area contributed by atoms with Gasteiger partial charge in [0.2, 0.25) is 0 Å². The van der Waals surface area contributed by atoms with Gasteiger partial charge in [-0.25, -0.2) is 0 Å². The Labute approximate surface area is 274 Å². The molecule has 10 heteroatoms. The van der Waals surface area contributed by atoms with Gasteiger partial charge in [0.1, 0.15) is 30.3 Å². The van der Waals surface area contributed by atoms with Crippen molar-refractivity contribution in [1.29, 1.82) is 0 Å². The van der Waals surface area contributed by atoms with Crippen LogP contribution >= 0.6 is 0 Å². The van der Waals surface area contributed by atoms with Gasteiger partial charge in [-0.2, -0.15) is 0 Å². The Morgan fingerprint density at radius 2 is 1.53 bits per heavy atom. The minimum absolute atomic E-state index is 0.0994. The Kier molecular flexibility index (Phi) is 10.3. The van der Waals surface area contributed by atoms with E-state index in [2.05, 4.69) is 34.4 Å². The van der Waals surface area contributed by atoms with Gasteiger partial charge in [0.25, 0.3) is 5.91 Å². The smallest absolute Gasteiger partial charge is 0.274 e. The van der Waals surface area contributed by atoms with Crippen molar-refractivity contribution in [2.24, 2.45) is 0 Å². The summed E-state index contributed by atoms with van der Waals surface area (Å²) in [4.78, 5) is 15.5. The summed E-state index contributed by atoms with van der Waals surface area (Å²) >= 11 is 0. The number of carbonyl (C=O) groups excluding carboxylic acids is 1. The average Bonchev–Trinajstić information content (AvgIpc) is 3.75. The molecule has 0 spiro atoms. The number of benzene rings is 3. The zero-order valence-corrected chi connectivity index (χ0v) is 27.0. The molecule has 1 fully saturated rings. The van der Waals surface area contributed by atoms with Gasteiger partial charge in [-0.05, 0) is 35.6 Å². The third kappa shape index (κ3) is 7.73. The molecule has 6 rings (SSSR count). The van der Waals surface area contributed by atoms with Crippen molar-refractivity contribution in [3.8, 4) is 34.1 Å². The van der Waals surface area contributed by atoms with Gasteiger partial charge < -0.3 is 28.6 Å². The lowest BCUT2D eigenvalue weighted by molar-refractivity contribution is 0.0332. The molecule has 0 bridgehead atoms. The van der Waals surface area contributed by atoms with Crippen LogP contribution in [0, 0.1) is 0 Å². The van der Waals surface area contributed by atoms with E-state index >= 15 is 0 Å². The molecule has 2 aromatic heterocycles. The topological polar surface area (TPSA) is 112 Å². The molecule has 3 aromatic carbocycles. The second kappa shape index (κ2) is 15.1. The molecule has 0 radical (unpaired) electrons. The fourth-order valence-electron chi connectivity index (χ4n) is 5.52. The highest BCUT2D eigenvalue weighted by molar-refractivity contribution is 6.01. The van der Waals surface area contributed by atoms with Crippen LogP contribution in [0.15, 0.2) is 87.9 Å². The summed E-state index contributed by atoms with van der Waals surface area (Å²) in [5, 5.41) is 11.4. The number of rotatable bonds is 13. The average molecular weight is 637 g/mol. The highest BCUT2D eigenvalue weighted by Gasteiger charge is 2.30. The molecular formula is C37H40N4O6. The first kappa shape index (κ1) is 32.0. The van der Waals surface area contributed by atoms with Crippen molar-refractivity contribution >= 4 is 5.91 Å². The summed E-state index contributed by atoms with van der Waals surface area (Å²) < 4.78 is 30.3. The maximum atomic E-state index is 13.3. The van der Waals surface area contributed by atoms with Crippen molar-refractivity contribution in [3.63, 3.8) is 0 Å². The van der Waals surface area contributed by atoms with Gasteiger partial charge in [-0.15, -0.1) is 0 Å². The summed E-state index contributed by atoms with van der Waals surface area (Å²) in [7, 11) is 0. The van der Waals surface area contributed by atoms with Crippen molar-refractivity contribution < 1.29 is 28.1 Å². The maximum Gasteiger partial charge on any atom is 0.274 e. The molecule has 244 valence electrons. The zero-order valence-electron chi connectivity index (χ0n) is 27.0. The van der Waals surface area contributed by atoms with E-state index in [4.69, 9.17) is 23.3 Å². The molecule has 1 amide bonds. The number of hydrogen-bond acceptors (Lipinski definition) is 9. The SMILES string of the molecule is CCNC(=O)c1noc(-c2cc(C(C)C)c(OCc3ccccc3)cc2OCc2ccccc2)c1-c1cc(CN2CCOCC2)no1. The van der Waals surface area contributed by atoms with Crippen LogP contribution in [0.4, 0.5) is 0 Å². The molecule has 3 heterocycles. The maximum absolute atomic E-state index is 13.3. The fraction of sp³-hybridized carbons (Fsp3) is 0.324. The quantitative estimate of drug-likeness (QED) is 0.148. The van der Waals surface area contributed by atoms with Crippen LogP contribution in [0.2, 0.25) is 0 Å². The first-order chi connectivity index (χ1) is 23.0. The third-order valence-electron chi connectivity index (χ3n) is 7.99. The Morgan fingerprint density at radius 3 is 2.17 bits per heavy atom. The highest BCUT2D eigenvalue weighted by Crippen LogP contribution is 2.44. The molecule has 0 aliphatic carbocycles. The fourth-order valence-corrected chi connectivity index (χ4v) is 5.52. The number of nitrogens with one attached hydrogen (secondary N) is 1. The van der Waals surface area contributed by atoms with Crippen LogP contribution in [0.3, 0.4) is 0 Å². The Balaban J connectivity index is 1.44. The van der Waals surface area contributed by atoms with E-state index in [-0.39, 0.29) is 17.5 Å². The predicted molar refractivity (Wildman–Crippen MR) is 177 cm³/mol. The molecule has 0 unspecified atom stereocenters. The van der Waals surface area contributed by atoms with E-state index in [1.54, 1.807) is 0 Å². The van der Waals surface area contributed by atoms with E-state index < -0.39 is 0 Å². The lowest BCUT2D eigenvalue weighted by atomic mass is 9.95. The van der Waals surface area contributed by atoms with Gasteiger partial charge in [-0.3, -0.25) is 9.69 Å². The number of hydrogen-bond donors (Lipinski definition) is 1. The van der Waals surface area contributed by atoms with Crippen LogP contribution < -0.4 is 14.8 Å². The number of carbonyl (C=O) groups is 1. The van der Waals surface area contributed by atoms with Gasteiger partial charge in [0.05, 0.1) is 24.5 Å². The molecule has 1 aliphatic heterocycles. The molecule has 47 heavy (non-hydrogen) atoms. The standard InChI is InChI=1S/C37H40N4O6/c1-4-38-37(42)35-34(33-19-28(39-46-33)22-41-15-17-43-18-16-41)36(47-40-35)30-20-29(25(2)3)31(44-23-26-11-7-5-8-12-26)21-32(30)45-24-27-13-9-6-10-14-27/h5-14,19-21,25H,4,15-18,22-24H2,1-3H3,(H,38,42). The van der Waals surface area contributed by atoms with Crippen LogP contribution in [0.1, 0.15) is 59.6 Å². The summed E-state index contributed by atoms with van der Waals surface area (Å²) in [6, 6.07) is 25.7. The number of aromatic nitrogens is 2. The van der Waals surface area contributed by atoms with Gasteiger partial charge in [0, 0.05) is 38.3 Å². The molecule has 0 atom stereocenters. The van der Waals surface area contributed by atoms with Gasteiger partial charge in [-0.1, -0.05) is 84.8 Å². The van der Waals surface area contributed by atoms with Crippen molar-refractivity contribution in [2.45, 2.75) is 46.4 Å². The van der Waals surface area contributed by atoms with Crippen molar-refractivity contribution in [2.75, 3.05) is 32.8 Å². The number of nitrogens with zero attached hydrogens (tertiary/aromatic N) is 3. The van der Waals surface area contributed by atoms with Gasteiger partial charge >= 0.3 is 0 Å². The second-order valence-corrected chi connectivity index (χ2v) is 11.8. The lowest BCUT2D eigenvalue weighted by Crippen LogP contribution is -2.35. The van der Waals surface area contributed by atoms with Crippen LogP contribution in [-0.2, 0) is 24.5 Å². The van der Waals surface area contributed by atoms with E-state index in [0.29, 0.717) is 73.7 Å². The Bertz CT molecular complexity index is 1760. The van der Waals surface area contributed by atoms with E-state index in [1.165, 1.54) is 0 Å². The summed E-state index contributed by atoms with van der Waals surface area (Å²) in [6.07, 6.45) is 0. The molecule has 0 saturated carbocycles. The molecular weight excluding hydrogens is 596 g/mol. The molecule has 1 saturated heterocycles. The summed E-state index contributed by atoms with van der Waals surface area (Å²) in [6.45, 7) is 10.8. The molecule has 10 nitrogen and oxygen atoms in total. The van der Waals surface area contributed by atoms with Crippen molar-refractivity contribution in [1.82, 2.24) is 20.5 Å². The number of ether oxygens (including phenoxy) is 3. The number of amides is 1. The predicted octanol–water partition coefficient (Wildman–Crippen LogP) is 6.86. The summed E-state index contributed by atoms with van der Waals surface area (Å²) in [5.74, 6) is 1.68. The molecule has 1 N–H and O–H groups in total. The highest BCUT2D eigenvalue weighted by atomic mass is 16.5. The Hall–Kier alpha value is -4.93. The van der Waals surface area contributed by atoms with Crippen LogP contribution in [0.25, 0.3) is 22.6 Å². The first-order valence-corrected chi connectivity index (χ1v) is 16.1. The largest absolute Gasteiger partial charge is 0.488 e. The molecule has 1 aliphatic rings. The van der Waals surface area contributed by atoms with E-state index in [9.17, 15) is 4.79 Å². The third-order valence-corrected chi connectivity index (χ3v) is 7.99. The van der Waals surface area contributed by atoms with Gasteiger partial charge in [0.15, 0.2) is 17.2 Å². The van der Waals surface area contributed by atoms with E-state index in [0.717, 1.165) is 35.5 Å². The van der Waals surface area contributed by atoms with Crippen LogP contribution in [-0.4, -0.2) is 54.0 Å². The lowest BCUT2D eigenvalue weighted by Gasteiger charge is -2.25. The summed E-state index contributed by atoms with van der Waals surface area (Å²) in [5.41, 5.74) is 4.90. The normalized spacial score (nSPS) is 13.5. The van der Waals surface area contributed by atoms with Crippen molar-refractivity contribution in [3.05, 3.63) is 107 Å². The zero-order chi connectivity index (χ0) is 32.6.